The minimum atomic E-state index is 0.544. The minimum absolute atomic E-state index is 0.544. The lowest BCUT2D eigenvalue weighted by molar-refractivity contribution is 0.122. The van der Waals surface area contributed by atoms with Gasteiger partial charge in [0.25, 0.3) is 0 Å². The first-order valence-corrected chi connectivity index (χ1v) is 9.93. The summed E-state index contributed by atoms with van der Waals surface area (Å²) in [6, 6.07) is 11.3. The molecule has 4 rings (SSSR count). The van der Waals surface area contributed by atoms with Gasteiger partial charge in [-0.25, -0.2) is 4.98 Å². The quantitative estimate of drug-likeness (QED) is 0.839. The molecule has 2 aliphatic rings. The number of thiazole rings is 1. The van der Waals surface area contributed by atoms with Crippen LogP contribution in [0.4, 0.5) is 10.8 Å². The van der Waals surface area contributed by atoms with Crippen LogP contribution in [0.25, 0.3) is 0 Å². The molecule has 0 amide bonds. The second kappa shape index (κ2) is 7.72. The van der Waals surface area contributed by atoms with Gasteiger partial charge in [0.05, 0.1) is 13.2 Å². The van der Waals surface area contributed by atoms with Gasteiger partial charge in [-0.2, -0.15) is 0 Å². The smallest absolute Gasteiger partial charge is 0.185 e. The van der Waals surface area contributed by atoms with E-state index in [1.165, 1.54) is 10.6 Å². The summed E-state index contributed by atoms with van der Waals surface area (Å²) in [6.07, 6.45) is 2.06. The van der Waals surface area contributed by atoms with Crippen LogP contribution in [-0.2, 0) is 11.3 Å². The average molecular weight is 359 g/mol. The second-order valence-electron chi connectivity index (χ2n) is 6.81. The van der Waals surface area contributed by atoms with E-state index >= 15 is 0 Å². The molecule has 2 fully saturated rings. The van der Waals surface area contributed by atoms with Crippen molar-refractivity contribution in [3.05, 3.63) is 41.4 Å². The van der Waals surface area contributed by atoms with Gasteiger partial charge in [-0.05, 0) is 19.1 Å². The summed E-state index contributed by atoms with van der Waals surface area (Å²) >= 11 is 1.84. The number of hydrogen-bond acceptors (Lipinski definition) is 6. The fourth-order valence-electron chi connectivity index (χ4n) is 3.57. The van der Waals surface area contributed by atoms with Crippen molar-refractivity contribution in [1.82, 2.24) is 9.88 Å². The van der Waals surface area contributed by atoms with E-state index in [0.29, 0.717) is 6.04 Å². The lowest BCUT2D eigenvalue weighted by atomic mass is 10.1. The van der Waals surface area contributed by atoms with Crippen molar-refractivity contribution in [3.8, 4) is 0 Å². The van der Waals surface area contributed by atoms with Crippen molar-refractivity contribution in [1.29, 1.82) is 0 Å². The third kappa shape index (κ3) is 3.97. The molecule has 0 spiro atoms. The van der Waals surface area contributed by atoms with Gasteiger partial charge in [-0.1, -0.05) is 18.2 Å². The maximum atomic E-state index is 5.43. The second-order valence-corrected chi connectivity index (χ2v) is 7.90. The van der Waals surface area contributed by atoms with E-state index in [9.17, 15) is 0 Å². The first-order valence-electron chi connectivity index (χ1n) is 9.11. The molecule has 0 unspecified atom stereocenters. The van der Waals surface area contributed by atoms with Crippen LogP contribution in [0.3, 0.4) is 0 Å². The fraction of sp³-hybridized carbons (Fsp3) is 0.526. The highest BCUT2D eigenvalue weighted by atomic mass is 32.1. The van der Waals surface area contributed by atoms with Crippen molar-refractivity contribution < 1.29 is 4.74 Å². The summed E-state index contributed by atoms with van der Waals surface area (Å²) in [5.74, 6) is 0. The lowest BCUT2D eigenvalue weighted by Crippen LogP contribution is -2.51. The molecule has 1 aromatic carbocycles. The third-order valence-electron chi connectivity index (χ3n) is 5.07. The Kier molecular flexibility index (Phi) is 5.20. The van der Waals surface area contributed by atoms with Gasteiger partial charge in [0.2, 0.25) is 0 Å². The maximum absolute atomic E-state index is 5.43. The molecule has 0 N–H and O–H groups in total. The topological polar surface area (TPSA) is 31.8 Å². The standard InChI is InChI=1S/C19H26N4OS/c1-16-14-23(17-5-3-2-4-6-17)8-7-22(16)15-18-13-20-19(25-18)21-9-11-24-12-10-21/h2-6,13,16H,7-12,14-15H2,1H3/t16-/m1/s1. The summed E-state index contributed by atoms with van der Waals surface area (Å²) in [7, 11) is 0. The number of piperazine rings is 1. The summed E-state index contributed by atoms with van der Waals surface area (Å²) < 4.78 is 5.43. The molecule has 0 radical (unpaired) electrons. The van der Waals surface area contributed by atoms with Gasteiger partial charge in [0.15, 0.2) is 5.13 Å². The number of ether oxygens (including phenoxy) is 1. The Morgan fingerprint density at radius 3 is 2.64 bits per heavy atom. The lowest BCUT2D eigenvalue weighted by Gasteiger charge is -2.40. The van der Waals surface area contributed by atoms with Crippen molar-refractivity contribution in [2.75, 3.05) is 55.7 Å². The van der Waals surface area contributed by atoms with E-state index in [2.05, 4.69) is 63.1 Å². The van der Waals surface area contributed by atoms with Gasteiger partial charge in [-0.3, -0.25) is 4.90 Å². The Morgan fingerprint density at radius 2 is 1.88 bits per heavy atom. The van der Waals surface area contributed by atoms with Crippen LogP contribution < -0.4 is 9.80 Å². The summed E-state index contributed by atoms with van der Waals surface area (Å²) in [5, 5.41) is 1.15. The highest BCUT2D eigenvalue weighted by molar-refractivity contribution is 7.15. The zero-order chi connectivity index (χ0) is 17.1. The Balaban J connectivity index is 1.35. The van der Waals surface area contributed by atoms with Crippen molar-refractivity contribution in [2.24, 2.45) is 0 Å². The summed E-state index contributed by atoms with van der Waals surface area (Å²) in [4.78, 5) is 13.4. The molecule has 0 saturated carbocycles. The number of rotatable bonds is 4. The Labute approximate surface area is 153 Å². The van der Waals surface area contributed by atoms with Gasteiger partial charge in [0, 0.05) is 62.1 Å². The molecular weight excluding hydrogens is 332 g/mol. The van der Waals surface area contributed by atoms with Gasteiger partial charge >= 0.3 is 0 Å². The van der Waals surface area contributed by atoms with E-state index in [-0.39, 0.29) is 0 Å². The first-order chi connectivity index (χ1) is 12.3. The molecule has 2 saturated heterocycles. The van der Waals surface area contributed by atoms with Crippen LogP contribution >= 0.6 is 11.3 Å². The maximum Gasteiger partial charge on any atom is 0.185 e. The predicted molar refractivity (Wildman–Crippen MR) is 104 cm³/mol. The van der Waals surface area contributed by atoms with Crippen LogP contribution in [0, 0.1) is 0 Å². The number of aromatic nitrogens is 1. The van der Waals surface area contributed by atoms with E-state index in [4.69, 9.17) is 4.74 Å². The van der Waals surface area contributed by atoms with E-state index < -0.39 is 0 Å². The van der Waals surface area contributed by atoms with Gasteiger partial charge in [-0.15, -0.1) is 11.3 Å². The average Bonchev–Trinajstić information content (AvgIpc) is 3.13. The van der Waals surface area contributed by atoms with Crippen molar-refractivity contribution >= 4 is 22.2 Å². The zero-order valence-electron chi connectivity index (χ0n) is 14.8. The molecule has 2 aliphatic heterocycles. The molecule has 6 heteroatoms. The third-order valence-corrected chi connectivity index (χ3v) is 6.11. The number of anilines is 2. The van der Waals surface area contributed by atoms with Crippen LogP contribution in [0.5, 0.6) is 0 Å². The molecule has 0 aliphatic carbocycles. The predicted octanol–water partition coefficient (Wildman–Crippen LogP) is 2.69. The largest absolute Gasteiger partial charge is 0.378 e. The van der Waals surface area contributed by atoms with Crippen molar-refractivity contribution in [2.45, 2.75) is 19.5 Å². The molecule has 0 bridgehead atoms. The number of benzene rings is 1. The monoisotopic (exact) mass is 358 g/mol. The normalized spacial score (nSPS) is 22.4. The molecule has 1 atom stereocenters. The highest BCUT2D eigenvalue weighted by Crippen LogP contribution is 2.26. The van der Waals surface area contributed by atoms with Crippen LogP contribution in [0.2, 0.25) is 0 Å². The molecular formula is C19H26N4OS. The number of morpholine rings is 1. The molecule has 134 valence electrons. The summed E-state index contributed by atoms with van der Waals surface area (Å²) in [5.41, 5.74) is 1.33. The van der Waals surface area contributed by atoms with Crippen LogP contribution in [0.1, 0.15) is 11.8 Å². The van der Waals surface area contributed by atoms with Crippen LogP contribution in [0.15, 0.2) is 36.5 Å². The first kappa shape index (κ1) is 16.8. The Morgan fingerprint density at radius 1 is 1.08 bits per heavy atom. The van der Waals surface area contributed by atoms with Crippen molar-refractivity contribution in [3.63, 3.8) is 0 Å². The molecule has 1 aromatic heterocycles. The molecule has 5 nitrogen and oxygen atoms in total. The Bertz CT molecular complexity index is 671. The molecule has 25 heavy (non-hydrogen) atoms. The van der Waals surface area contributed by atoms with Crippen LogP contribution in [-0.4, -0.2) is 61.9 Å². The minimum Gasteiger partial charge on any atom is -0.378 e. The SMILES string of the molecule is C[C@@H]1CN(c2ccccc2)CCN1Cc1cnc(N2CCOCC2)s1. The zero-order valence-corrected chi connectivity index (χ0v) is 15.6. The molecule has 3 heterocycles. The van der Waals surface area contributed by atoms with E-state index in [0.717, 1.165) is 57.6 Å². The Hall–Kier alpha value is -1.63. The van der Waals surface area contributed by atoms with E-state index in [1.807, 2.05) is 11.3 Å². The summed E-state index contributed by atoms with van der Waals surface area (Å²) in [6.45, 7) is 10.1. The highest BCUT2D eigenvalue weighted by Gasteiger charge is 2.24. The van der Waals surface area contributed by atoms with Gasteiger partial charge < -0.3 is 14.5 Å². The molecule has 2 aromatic rings. The number of hydrogen-bond donors (Lipinski definition) is 0. The van der Waals surface area contributed by atoms with Gasteiger partial charge in [0.1, 0.15) is 0 Å². The fourth-order valence-corrected chi connectivity index (χ4v) is 4.56. The number of nitrogens with zero attached hydrogens (tertiary/aromatic N) is 4. The number of para-hydroxylation sites is 1. The van der Waals surface area contributed by atoms with E-state index in [1.54, 1.807) is 0 Å².